The van der Waals surface area contributed by atoms with Crippen molar-refractivity contribution in [2.24, 2.45) is 0 Å². The van der Waals surface area contributed by atoms with Crippen molar-refractivity contribution in [1.82, 2.24) is 21.1 Å². The van der Waals surface area contributed by atoms with Crippen LogP contribution in [0.5, 0.6) is 0 Å². The number of benzene rings is 2. The molecule has 2 aliphatic rings. The molecule has 0 radical (unpaired) electrons. The van der Waals surface area contributed by atoms with E-state index in [1.807, 2.05) is 60.7 Å². The Hall–Kier alpha value is -3.65. The lowest BCUT2D eigenvalue weighted by Gasteiger charge is -2.30. The van der Waals surface area contributed by atoms with Crippen molar-refractivity contribution in [3.63, 3.8) is 0 Å². The van der Waals surface area contributed by atoms with E-state index in [0.717, 1.165) is 40.8 Å². The molecular weight excluding hydrogens is 420 g/mol. The Morgan fingerprint density at radius 2 is 1.76 bits per heavy atom. The monoisotopic (exact) mass is 446 g/mol. The first-order chi connectivity index (χ1) is 16.1. The van der Waals surface area contributed by atoms with Gasteiger partial charge in [0.05, 0.1) is 12.6 Å². The summed E-state index contributed by atoms with van der Waals surface area (Å²) in [4.78, 5) is 38.0. The fourth-order valence-electron chi connectivity index (χ4n) is 4.75. The first-order valence-electron chi connectivity index (χ1n) is 11.3. The molecule has 5 rings (SSSR count). The van der Waals surface area contributed by atoms with Gasteiger partial charge in [-0.2, -0.15) is 5.01 Å². The molecule has 1 aliphatic carbocycles. The number of nitrogens with one attached hydrogen (secondary N) is 3. The minimum atomic E-state index is -0.878. The third-order valence-electron chi connectivity index (χ3n) is 6.43. The lowest BCUT2D eigenvalue weighted by atomic mass is 9.82. The maximum atomic E-state index is 12.9. The second kappa shape index (κ2) is 8.71. The summed E-state index contributed by atoms with van der Waals surface area (Å²) in [5.41, 5.74) is 3.29. The Balaban J connectivity index is 1.30. The lowest BCUT2D eigenvalue weighted by Crippen LogP contribution is -2.52. The molecule has 3 aromatic rings. The Labute approximate surface area is 191 Å². The second-order valence-corrected chi connectivity index (χ2v) is 8.66. The van der Waals surface area contributed by atoms with Gasteiger partial charge in [0.2, 0.25) is 0 Å². The van der Waals surface area contributed by atoms with Crippen molar-refractivity contribution < 1.29 is 18.8 Å². The number of fused-ring (bicyclic) bond motifs is 1. The summed E-state index contributed by atoms with van der Waals surface area (Å²) in [6, 6.07) is 18.4. The molecule has 2 fully saturated rings. The van der Waals surface area contributed by atoms with E-state index in [2.05, 4.69) is 16.1 Å². The van der Waals surface area contributed by atoms with E-state index in [1.165, 1.54) is 0 Å². The number of nitrogens with zero attached hydrogens (tertiary/aromatic N) is 1. The van der Waals surface area contributed by atoms with Crippen LogP contribution in [-0.4, -0.2) is 34.9 Å². The number of hydrazine groups is 1. The maximum absolute atomic E-state index is 12.9. The smallest absolute Gasteiger partial charge is 0.344 e. The molecule has 3 N–H and O–H groups in total. The van der Waals surface area contributed by atoms with Crippen LogP contribution in [0.15, 0.2) is 65.1 Å². The van der Waals surface area contributed by atoms with E-state index < -0.39 is 17.5 Å². The zero-order chi connectivity index (χ0) is 22.8. The number of furan rings is 1. The molecule has 170 valence electrons. The average Bonchev–Trinajstić information content (AvgIpc) is 3.35. The third-order valence-corrected chi connectivity index (χ3v) is 6.43. The molecule has 2 heterocycles. The lowest BCUT2D eigenvalue weighted by molar-refractivity contribution is -0.139. The molecule has 1 unspecified atom stereocenters. The highest BCUT2D eigenvalue weighted by atomic mass is 16.3. The van der Waals surface area contributed by atoms with Gasteiger partial charge in [-0.15, -0.1) is 0 Å². The highest BCUT2D eigenvalue weighted by Gasteiger charge is 2.52. The standard InChI is InChI=1S/C25H26N4O4/c30-21(28-29-23(31)25(27-24(29)32)13-7-2-8-14-25)16-26-22(17-9-3-1-4-10-17)20-15-18-11-5-6-12-19(18)33-20/h1,3-6,9-12,15,22,26H,2,7-8,13-14,16H2,(H,27,32)(H,28,30). The molecule has 1 aromatic heterocycles. The van der Waals surface area contributed by atoms with Crippen LogP contribution in [0.3, 0.4) is 0 Å². The number of carbonyl (C=O) groups is 3. The Morgan fingerprint density at radius 3 is 2.52 bits per heavy atom. The molecule has 1 spiro atoms. The molecule has 1 atom stereocenters. The van der Waals surface area contributed by atoms with Crippen LogP contribution < -0.4 is 16.1 Å². The van der Waals surface area contributed by atoms with Crippen molar-refractivity contribution >= 4 is 28.8 Å². The summed E-state index contributed by atoms with van der Waals surface area (Å²) >= 11 is 0. The minimum Gasteiger partial charge on any atom is -0.459 e. The van der Waals surface area contributed by atoms with Crippen LogP contribution in [0.4, 0.5) is 4.79 Å². The number of hydrogen-bond acceptors (Lipinski definition) is 5. The van der Waals surface area contributed by atoms with Crippen LogP contribution in [0.25, 0.3) is 11.0 Å². The quantitative estimate of drug-likeness (QED) is 0.504. The van der Waals surface area contributed by atoms with Crippen molar-refractivity contribution in [1.29, 1.82) is 0 Å². The predicted octanol–water partition coefficient (Wildman–Crippen LogP) is 3.40. The molecule has 2 aromatic carbocycles. The van der Waals surface area contributed by atoms with Gasteiger partial charge in [0.1, 0.15) is 16.9 Å². The van der Waals surface area contributed by atoms with E-state index >= 15 is 0 Å². The van der Waals surface area contributed by atoms with Gasteiger partial charge in [-0.1, -0.05) is 67.8 Å². The van der Waals surface area contributed by atoms with Crippen LogP contribution in [0, 0.1) is 0 Å². The van der Waals surface area contributed by atoms with Crippen molar-refractivity contribution in [2.45, 2.75) is 43.7 Å². The molecule has 1 saturated heterocycles. The summed E-state index contributed by atoms with van der Waals surface area (Å²) in [6.07, 6.45) is 4.01. The van der Waals surface area contributed by atoms with E-state index in [-0.39, 0.29) is 18.5 Å². The summed E-state index contributed by atoms with van der Waals surface area (Å²) in [5, 5.41) is 7.80. The van der Waals surface area contributed by atoms with Crippen LogP contribution in [-0.2, 0) is 9.59 Å². The van der Waals surface area contributed by atoms with Gasteiger partial charge in [0, 0.05) is 5.39 Å². The Morgan fingerprint density at radius 1 is 1.03 bits per heavy atom. The van der Waals surface area contributed by atoms with Crippen LogP contribution in [0.2, 0.25) is 0 Å². The van der Waals surface area contributed by atoms with E-state index in [1.54, 1.807) is 0 Å². The Kier molecular flexibility index (Phi) is 5.60. The first kappa shape index (κ1) is 21.2. The normalized spacial score (nSPS) is 18.5. The van der Waals surface area contributed by atoms with Gasteiger partial charge >= 0.3 is 6.03 Å². The molecule has 4 amide bonds. The third kappa shape index (κ3) is 4.09. The molecule has 1 aliphatic heterocycles. The summed E-state index contributed by atoms with van der Waals surface area (Å²) in [7, 11) is 0. The van der Waals surface area contributed by atoms with Gasteiger partial charge < -0.3 is 9.73 Å². The second-order valence-electron chi connectivity index (χ2n) is 8.66. The van der Waals surface area contributed by atoms with Crippen molar-refractivity contribution in [3.8, 4) is 0 Å². The van der Waals surface area contributed by atoms with Gasteiger partial charge in [-0.3, -0.25) is 20.3 Å². The zero-order valence-electron chi connectivity index (χ0n) is 18.2. The molecule has 0 bridgehead atoms. The SMILES string of the molecule is O=C(CNC(c1ccccc1)c1cc2ccccc2o1)NN1C(=O)NC2(CCCCC2)C1=O. The number of imide groups is 1. The zero-order valence-corrected chi connectivity index (χ0v) is 18.2. The highest BCUT2D eigenvalue weighted by molar-refractivity contribution is 6.08. The largest absolute Gasteiger partial charge is 0.459 e. The van der Waals surface area contributed by atoms with E-state index in [0.29, 0.717) is 18.6 Å². The summed E-state index contributed by atoms with van der Waals surface area (Å²) in [6.45, 7) is -0.110. The molecular formula is C25H26N4O4. The highest BCUT2D eigenvalue weighted by Crippen LogP contribution is 2.33. The van der Waals surface area contributed by atoms with Gasteiger partial charge in [0.15, 0.2) is 0 Å². The fraction of sp³-hybridized carbons (Fsp3) is 0.320. The number of amides is 4. The van der Waals surface area contributed by atoms with Crippen molar-refractivity contribution in [2.75, 3.05) is 6.54 Å². The van der Waals surface area contributed by atoms with Crippen LogP contribution >= 0.6 is 0 Å². The maximum Gasteiger partial charge on any atom is 0.344 e. The Bertz CT molecular complexity index is 1150. The number of urea groups is 1. The molecule has 33 heavy (non-hydrogen) atoms. The van der Waals surface area contributed by atoms with Crippen molar-refractivity contribution in [3.05, 3.63) is 72.0 Å². The average molecular weight is 447 g/mol. The van der Waals surface area contributed by atoms with Crippen LogP contribution in [0.1, 0.15) is 49.5 Å². The number of rotatable bonds is 6. The topological polar surface area (TPSA) is 104 Å². The molecule has 1 saturated carbocycles. The summed E-state index contributed by atoms with van der Waals surface area (Å²) < 4.78 is 6.04. The van der Waals surface area contributed by atoms with Gasteiger partial charge in [-0.25, -0.2) is 4.79 Å². The fourth-order valence-corrected chi connectivity index (χ4v) is 4.75. The number of hydrogen-bond donors (Lipinski definition) is 3. The predicted molar refractivity (Wildman–Crippen MR) is 122 cm³/mol. The first-order valence-corrected chi connectivity index (χ1v) is 11.3. The van der Waals surface area contributed by atoms with E-state index in [9.17, 15) is 14.4 Å². The number of para-hydroxylation sites is 1. The molecule has 8 heteroatoms. The summed E-state index contributed by atoms with van der Waals surface area (Å²) in [5.74, 6) is -0.188. The van der Waals surface area contributed by atoms with Gasteiger partial charge in [0.25, 0.3) is 11.8 Å². The van der Waals surface area contributed by atoms with Gasteiger partial charge in [-0.05, 0) is 30.5 Å². The van der Waals surface area contributed by atoms with E-state index in [4.69, 9.17) is 4.42 Å². The minimum absolute atomic E-state index is 0.110. The molecule has 8 nitrogen and oxygen atoms in total. The number of carbonyl (C=O) groups excluding carboxylic acids is 3.